The van der Waals surface area contributed by atoms with Crippen LogP contribution in [-0.2, 0) is 6.42 Å². The first-order chi connectivity index (χ1) is 7.86. The van der Waals surface area contributed by atoms with E-state index in [9.17, 15) is 0 Å². The van der Waals surface area contributed by atoms with Crippen molar-refractivity contribution in [1.82, 2.24) is 4.98 Å². The van der Waals surface area contributed by atoms with Crippen molar-refractivity contribution < 1.29 is 4.74 Å². The van der Waals surface area contributed by atoms with E-state index in [1.165, 1.54) is 31.2 Å². The van der Waals surface area contributed by atoms with Crippen LogP contribution in [0.25, 0.3) is 0 Å². The molecule has 0 aromatic carbocycles. The fraction of sp³-hybridized carbons (Fsp3) is 0.643. The second-order valence-electron chi connectivity index (χ2n) is 4.19. The molecular formula is C14H23NO. The van der Waals surface area contributed by atoms with Gasteiger partial charge in [-0.25, -0.2) is 0 Å². The lowest BCUT2D eigenvalue weighted by Crippen LogP contribution is -1.98. The molecule has 1 aromatic rings. The summed E-state index contributed by atoms with van der Waals surface area (Å²) in [5.74, 6) is 0.921. The summed E-state index contributed by atoms with van der Waals surface area (Å²) in [6, 6.07) is 2.12. The van der Waals surface area contributed by atoms with Crippen molar-refractivity contribution in [3.63, 3.8) is 0 Å². The molecule has 0 spiro atoms. The summed E-state index contributed by atoms with van der Waals surface area (Å²) >= 11 is 0. The van der Waals surface area contributed by atoms with Gasteiger partial charge in [-0.1, -0.05) is 33.1 Å². The number of unbranched alkanes of at least 4 members (excludes halogenated alkanes) is 3. The van der Waals surface area contributed by atoms with Gasteiger partial charge in [0.15, 0.2) is 0 Å². The van der Waals surface area contributed by atoms with Crippen LogP contribution >= 0.6 is 0 Å². The molecule has 0 N–H and O–H groups in total. The molecule has 0 bridgehead atoms. The number of nitrogens with zero attached hydrogens (tertiary/aromatic N) is 1. The molecule has 2 heteroatoms. The third-order valence-corrected chi connectivity index (χ3v) is 2.61. The number of aromatic nitrogens is 1. The van der Waals surface area contributed by atoms with Gasteiger partial charge in [-0.2, -0.15) is 0 Å². The van der Waals surface area contributed by atoms with Crippen molar-refractivity contribution in [1.29, 1.82) is 0 Å². The standard InChI is InChI=1S/C14H23NO/c1-3-5-7-9-16-14-10-13(8-6-4-2)11-15-12-14/h10-12H,3-9H2,1-2H3. The van der Waals surface area contributed by atoms with Gasteiger partial charge >= 0.3 is 0 Å². The van der Waals surface area contributed by atoms with E-state index in [1.807, 2.05) is 6.20 Å². The molecule has 0 aliphatic heterocycles. The first-order valence-electron chi connectivity index (χ1n) is 6.43. The van der Waals surface area contributed by atoms with Crippen molar-refractivity contribution >= 4 is 0 Å². The summed E-state index contributed by atoms with van der Waals surface area (Å²) < 4.78 is 5.67. The zero-order valence-electron chi connectivity index (χ0n) is 10.5. The number of hydrogen-bond acceptors (Lipinski definition) is 2. The van der Waals surface area contributed by atoms with E-state index in [0.29, 0.717) is 0 Å². The van der Waals surface area contributed by atoms with Crippen LogP contribution in [0.4, 0.5) is 0 Å². The first kappa shape index (κ1) is 13.0. The number of pyridine rings is 1. The van der Waals surface area contributed by atoms with Gasteiger partial charge in [0.05, 0.1) is 12.8 Å². The lowest BCUT2D eigenvalue weighted by Gasteiger charge is -2.06. The number of hydrogen-bond donors (Lipinski definition) is 0. The Labute approximate surface area is 99.0 Å². The molecule has 1 rings (SSSR count). The third kappa shape index (κ3) is 5.15. The first-order valence-corrected chi connectivity index (χ1v) is 6.43. The molecule has 1 aromatic heterocycles. The smallest absolute Gasteiger partial charge is 0.137 e. The molecule has 0 amide bonds. The molecule has 2 nitrogen and oxygen atoms in total. The topological polar surface area (TPSA) is 22.1 Å². The van der Waals surface area contributed by atoms with Gasteiger partial charge in [-0.3, -0.25) is 4.98 Å². The Morgan fingerprint density at radius 1 is 1.06 bits per heavy atom. The lowest BCUT2D eigenvalue weighted by atomic mass is 10.1. The minimum atomic E-state index is 0.812. The molecule has 0 saturated heterocycles. The molecular weight excluding hydrogens is 198 g/mol. The minimum absolute atomic E-state index is 0.812. The molecule has 90 valence electrons. The van der Waals surface area contributed by atoms with Crippen LogP contribution in [0.2, 0.25) is 0 Å². The van der Waals surface area contributed by atoms with E-state index in [1.54, 1.807) is 6.20 Å². The molecule has 0 atom stereocenters. The quantitative estimate of drug-likeness (QED) is 0.619. The zero-order valence-corrected chi connectivity index (χ0v) is 10.5. The summed E-state index contributed by atoms with van der Waals surface area (Å²) in [4.78, 5) is 4.21. The predicted octanol–water partition coefficient (Wildman–Crippen LogP) is 3.99. The molecule has 0 fully saturated rings. The van der Waals surface area contributed by atoms with Crippen LogP contribution in [0.15, 0.2) is 18.5 Å². The van der Waals surface area contributed by atoms with E-state index in [-0.39, 0.29) is 0 Å². The Morgan fingerprint density at radius 2 is 1.88 bits per heavy atom. The van der Waals surface area contributed by atoms with E-state index in [2.05, 4.69) is 24.9 Å². The number of aryl methyl sites for hydroxylation is 1. The summed E-state index contributed by atoms with van der Waals surface area (Å²) in [6.07, 6.45) is 10.9. The zero-order chi connectivity index (χ0) is 11.6. The number of rotatable bonds is 8. The molecule has 0 saturated carbocycles. The lowest BCUT2D eigenvalue weighted by molar-refractivity contribution is 0.305. The fourth-order valence-electron chi connectivity index (χ4n) is 1.60. The SMILES string of the molecule is CCCCCOc1cncc(CCCC)c1. The molecule has 16 heavy (non-hydrogen) atoms. The summed E-state index contributed by atoms with van der Waals surface area (Å²) in [5.41, 5.74) is 1.29. The highest BCUT2D eigenvalue weighted by atomic mass is 16.5. The summed E-state index contributed by atoms with van der Waals surface area (Å²) in [7, 11) is 0. The molecule has 0 aliphatic rings. The maximum atomic E-state index is 5.67. The summed E-state index contributed by atoms with van der Waals surface area (Å²) in [6.45, 7) is 5.22. The predicted molar refractivity (Wildman–Crippen MR) is 67.9 cm³/mol. The van der Waals surface area contributed by atoms with Gasteiger partial charge in [-0.05, 0) is 30.9 Å². The van der Waals surface area contributed by atoms with E-state index in [4.69, 9.17) is 4.74 Å². The second kappa shape index (κ2) is 8.14. The summed E-state index contributed by atoms with van der Waals surface area (Å²) in [5, 5.41) is 0. The van der Waals surface area contributed by atoms with Crippen molar-refractivity contribution in [3.8, 4) is 5.75 Å². The normalized spacial score (nSPS) is 10.4. The van der Waals surface area contributed by atoms with Crippen molar-refractivity contribution in [2.45, 2.75) is 52.4 Å². The Morgan fingerprint density at radius 3 is 2.62 bits per heavy atom. The van der Waals surface area contributed by atoms with Crippen LogP contribution in [-0.4, -0.2) is 11.6 Å². The van der Waals surface area contributed by atoms with Crippen LogP contribution in [0.1, 0.15) is 51.5 Å². The third-order valence-electron chi connectivity index (χ3n) is 2.61. The highest BCUT2D eigenvalue weighted by Gasteiger charge is 1.97. The monoisotopic (exact) mass is 221 g/mol. The van der Waals surface area contributed by atoms with Crippen LogP contribution in [0.3, 0.4) is 0 Å². The second-order valence-corrected chi connectivity index (χ2v) is 4.19. The molecule has 0 unspecified atom stereocenters. The van der Waals surface area contributed by atoms with Crippen molar-refractivity contribution in [2.24, 2.45) is 0 Å². The highest BCUT2D eigenvalue weighted by Crippen LogP contribution is 2.13. The Balaban J connectivity index is 2.35. The average Bonchev–Trinajstić information content (AvgIpc) is 2.33. The minimum Gasteiger partial charge on any atom is -0.492 e. The van der Waals surface area contributed by atoms with Gasteiger partial charge in [-0.15, -0.1) is 0 Å². The fourth-order valence-corrected chi connectivity index (χ4v) is 1.60. The van der Waals surface area contributed by atoms with Crippen LogP contribution in [0.5, 0.6) is 5.75 Å². The van der Waals surface area contributed by atoms with Gasteiger partial charge < -0.3 is 4.74 Å². The van der Waals surface area contributed by atoms with Crippen LogP contribution in [0, 0.1) is 0 Å². The maximum absolute atomic E-state index is 5.67. The Kier molecular flexibility index (Phi) is 6.62. The van der Waals surface area contributed by atoms with Gasteiger partial charge in [0.1, 0.15) is 5.75 Å². The van der Waals surface area contributed by atoms with E-state index >= 15 is 0 Å². The van der Waals surface area contributed by atoms with Gasteiger partial charge in [0.25, 0.3) is 0 Å². The van der Waals surface area contributed by atoms with E-state index < -0.39 is 0 Å². The molecule has 0 aliphatic carbocycles. The van der Waals surface area contributed by atoms with Crippen molar-refractivity contribution in [2.75, 3.05) is 6.61 Å². The number of ether oxygens (including phenoxy) is 1. The highest BCUT2D eigenvalue weighted by molar-refractivity contribution is 5.23. The average molecular weight is 221 g/mol. The van der Waals surface area contributed by atoms with Crippen LogP contribution < -0.4 is 4.74 Å². The molecule has 1 heterocycles. The van der Waals surface area contributed by atoms with Gasteiger partial charge in [0, 0.05) is 6.20 Å². The largest absolute Gasteiger partial charge is 0.492 e. The maximum Gasteiger partial charge on any atom is 0.137 e. The molecule has 0 radical (unpaired) electrons. The van der Waals surface area contributed by atoms with E-state index in [0.717, 1.165) is 25.2 Å². The van der Waals surface area contributed by atoms with Crippen molar-refractivity contribution in [3.05, 3.63) is 24.0 Å². The van der Waals surface area contributed by atoms with Gasteiger partial charge in [0.2, 0.25) is 0 Å². The Bertz CT molecular complexity index is 286. The Hall–Kier alpha value is -1.05.